The van der Waals surface area contributed by atoms with Crippen LogP contribution in [0.25, 0.3) is 0 Å². The van der Waals surface area contributed by atoms with Gasteiger partial charge in [-0.2, -0.15) is 0 Å². The van der Waals surface area contributed by atoms with Gasteiger partial charge in [-0.25, -0.2) is 0 Å². The van der Waals surface area contributed by atoms with E-state index in [9.17, 15) is 9.59 Å². The van der Waals surface area contributed by atoms with Gasteiger partial charge in [0.25, 0.3) is 0 Å². The maximum Gasteiger partial charge on any atom is 0.243 e. The van der Waals surface area contributed by atoms with Crippen molar-refractivity contribution < 1.29 is 9.59 Å². The fourth-order valence-electron chi connectivity index (χ4n) is 5.75. The van der Waals surface area contributed by atoms with Crippen LogP contribution in [-0.2, 0) is 16.1 Å². The van der Waals surface area contributed by atoms with Crippen LogP contribution >= 0.6 is 0 Å². The second kappa shape index (κ2) is 12.0. The Kier molecular flexibility index (Phi) is 8.20. The number of fused-ring (bicyclic) bond motifs is 1. The lowest BCUT2D eigenvalue weighted by Crippen LogP contribution is -2.50. The van der Waals surface area contributed by atoms with Crippen LogP contribution in [-0.4, -0.2) is 45.3 Å². The molecule has 2 heterocycles. The van der Waals surface area contributed by atoms with E-state index in [0.29, 0.717) is 12.5 Å². The lowest BCUT2D eigenvalue weighted by molar-refractivity contribution is -0.143. The van der Waals surface area contributed by atoms with E-state index >= 15 is 0 Å². The summed E-state index contributed by atoms with van der Waals surface area (Å²) < 4.78 is 2.23. The summed E-state index contributed by atoms with van der Waals surface area (Å²) >= 11 is 0. The average Bonchev–Trinajstić information content (AvgIpc) is 3.45. The first-order valence-electron chi connectivity index (χ1n) is 14.3. The monoisotopic (exact) mass is 533 g/mol. The van der Waals surface area contributed by atoms with Gasteiger partial charge in [-0.15, -0.1) is 0 Å². The number of benzene rings is 3. The molecule has 1 atom stereocenters. The van der Waals surface area contributed by atoms with Gasteiger partial charge in [0.15, 0.2) is 0 Å². The van der Waals surface area contributed by atoms with E-state index in [0.717, 1.165) is 28.9 Å². The molecule has 5 nitrogen and oxygen atoms in total. The highest BCUT2D eigenvalue weighted by Gasteiger charge is 2.36. The van der Waals surface area contributed by atoms with Crippen LogP contribution in [0.1, 0.15) is 73.5 Å². The summed E-state index contributed by atoms with van der Waals surface area (Å²) in [7, 11) is 0. The van der Waals surface area contributed by atoms with Crippen LogP contribution in [0, 0.1) is 0 Å². The smallest absolute Gasteiger partial charge is 0.243 e. The highest BCUT2D eigenvalue weighted by atomic mass is 16.2. The van der Waals surface area contributed by atoms with E-state index in [4.69, 9.17) is 0 Å². The molecule has 5 heteroatoms. The van der Waals surface area contributed by atoms with Crippen molar-refractivity contribution in [3.63, 3.8) is 0 Å². The van der Waals surface area contributed by atoms with Gasteiger partial charge in [0.05, 0.1) is 12.0 Å². The van der Waals surface area contributed by atoms with Crippen LogP contribution < -0.4 is 0 Å². The highest BCUT2D eigenvalue weighted by molar-refractivity contribution is 5.91. The first kappa shape index (κ1) is 27.4. The van der Waals surface area contributed by atoms with Crippen molar-refractivity contribution in [2.75, 3.05) is 13.1 Å². The number of aromatic nitrogens is 1. The van der Waals surface area contributed by atoms with Gasteiger partial charge in [0.2, 0.25) is 11.8 Å². The molecule has 1 aromatic heterocycles. The molecule has 1 aliphatic heterocycles. The Morgan fingerprint density at radius 2 is 1.35 bits per heavy atom. The molecule has 0 aliphatic carbocycles. The predicted molar refractivity (Wildman–Crippen MR) is 160 cm³/mol. The minimum absolute atomic E-state index is 0.0349. The van der Waals surface area contributed by atoms with E-state index in [1.165, 1.54) is 5.56 Å². The molecule has 40 heavy (non-hydrogen) atoms. The molecule has 5 rings (SSSR count). The topological polar surface area (TPSA) is 45.6 Å². The Hall–Kier alpha value is -4.12. The molecule has 0 bridgehead atoms. The molecule has 2 amide bonds. The normalized spacial score (nSPS) is 15.0. The van der Waals surface area contributed by atoms with E-state index in [-0.39, 0.29) is 30.4 Å². The van der Waals surface area contributed by atoms with Crippen LogP contribution in [0.4, 0.5) is 0 Å². The summed E-state index contributed by atoms with van der Waals surface area (Å²) in [6.45, 7) is 9.72. The molecule has 0 fully saturated rings. The summed E-state index contributed by atoms with van der Waals surface area (Å²) in [6, 6.07) is 32.2. The number of rotatable bonds is 8. The fourth-order valence-corrected chi connectivity index (χ4v) is 5.75. The average molecular weight is 534 g/mol. The van der Waals surface area contributed by atoms with Crippen molar-refractivity contribution >= 4 is 11.8 Å². The number of carbonyl (C=O) groups is 2. The molecule has 0 spiro atoms. The molecule has 0 N–H and O–H groups in total. The molecule has 1 unspecified atom stereocenters. The molecule has 4 aromatic rings. The summed E-state index contributed by atoms with van der Waals surface area (Å²) in [4.78, 5) is 32.1. The molecular formula is C35H39N3O2. The number of hydrogen-bond donors (Lipinski definition) is 0. The van der Waals surface area contributed by atoms with Gasteiger partial charge >= 0.3 is 0 Å². The van der Waals surface area contributed by atoms with Crippen molar-refractivity contribution in [1.29, 1.82) is 0 Å². The molecule has 0 saturated carbocycles. The van der Waals surface area contributed by atoms with E-state index in [1.807, 2.05) is 85.5 Å². The highest BCUT2D eigenvalue weighted by Crippen LogP contribution is 2.34. The Labute approximate surface area is 238 Å². The number of hydrogen-bond acceptors (Lipinski definition) is 2. The first-order chi connectivity index (χ1) is 19.3. The van der Waals surface area contributed by atoms with E-state index < -0.39 is 5.92 Å². The van der Waals surface area contributed by atoms with Gasteiger partial charge in [0, 0.05) is 31.0 Å². The minimum Gasteiger partial charge on any atom is -0.348 e. The summed E-state index contributed by atoms with van der Waals surface area (Å²) in [5, 5.41) is 0. The molecule has 3 aromatic carbocycles. The second-order valence-corrected chi connectivity index (χ2v) is 11.3. The third kappa shape index (κ3) is 5.60. The maximum atomic E-state index is 14.3. The molecule has 0 radical (unpaired) electrons. The van der Waals surface area contributed by atoms with Crippen LogP contribution in [0.3, 0.4) is 0 Å². The van der Waals surface area contributed by atoms with Crippen molar-refractivity contribution in [1.82, 2.24) is 14.4 Å². The third-order valence-corrected chi connectivity index (χ3v) is 8.00. The fraction of sp³-hybridized carbons (Fsp3) is 0.314. The van der Waals surface area contributed by atoms with E-state index in [1.54, 1.807) is 4.90 Å². The van der Waals surface area contributed by atoms with Crippen LogP contribution in [0.5, 0.6) is 0 Å². The van der Waals surface area contributed by atoms with Gasteiger partial charge < -0.3 is 14.4 Å². The first-order valence-corrected chi connectivity index (χ1v) is 14.3. The Morgan fingerprint density at radius 3 is 1.90 bits per heavy atom. The Bertz CT molecular complexity index is 1390. The largest absolute Gasteiger partial charge is 0.348 e. The predicted octanol–water partition coefficient (Wildman–Crippen LogP) is 6.61. The summed E-state index contributed by atoms with van der Waals surface area (Å²) in [6.07, 6.45) is 2.08. The standard InChI is InChI=1S/C35H39N3O2/c1-25(2)27-17-19-30(20-18-27)34-31-16-11-21-36(31)22-23-37(34)32(39)24-38(26(3)4)35(40)33(28-12-7-5-8-13-28)29-14-9-6-10-15-29/h5-21,25-26,33-34H,22-24H2,1-4H3. The van der Waals surface area contributed by atoms with Crippen molar-refractivity contribution in [3.05, 3.63) is 131 Å². The van der Waals surface area contributed by atoms with Crippen LogP contribution in [0.2, 0.25) is 0 Å². The second-order valence-electron chi connectivity index (χ2n) is 11.3. The number of nitrogens with zero attached hydrogens (tertiary/aromatic N) is 3. The van der Waals surface area contributed by atoms with Crippen molar-refractivity contribution in [2.24, 2.45) is 0 Å². The Morgan fingerprint density at radius 1 is 0.750 bits per heavy atom. The zero-order valence-corrected chi connectivity index (χ0v) is 23.9. The van der Waals surface area contributed by atoms with Crippen LogP contribution in [0.15, 0.2) is 103 Å². The molecule has 206 valence electrons. The SMILES string of the molecule is CC(C)c1ccc(C2c3cccn3CCN2C(=O)CN(C(=O)C(c2ccccc2)c2ccccc2)C(C)C)cc1. The van der Waals surface area contributed by atoms with Gasteiger partial charge in [0.1, 0.15) is 6.54 Å². The lowest BCUT2D eigenvalue weighted by Gasteiger charge is -2.39. The Balaban J connectivity index is 1.46. The molecular weight excluding hydrogens is 494 g/mol. The van der Waals surface area contributed by atoms with Gasteiger partial charge in [-0.1, -0.05) is 98.8 Å². The quantitative estimate of drug-likeness (QED) is 0.256. The molecule has 0 saturated heterocycles. The minimum atomic E-state index is -0.476. The van der Waals surface area contributed by atoms with Crippen molar-refractivity contribution in [2.45, 2.75) is 58.2 Å². The zero-order chi connectivity index (χ0) is 28.2. The summed E-state index contributed by atoms with van der Waals surface area (Å²) in [5.41, 5.74) is 5.32. The van der Waals surface area contributed by atoms with Crippen molar-refractivity contribution in [3.8, 4) is 0 Å². The number of amides is 2. The number of carbonyl (C=O) groups excluding carboxylic acids is 2. The van der Waals surface area contributed by atoms with Gasteiger partial charge in [-0.05, 0) is 54.2 Å². The van der Waals surface area contributed by atoms with Gasteiger partial charge in [-0.3, -0.25) is 9.59 Å². The maximum absolute atomic E-state index is 14.3. The summed E-state index contributed by atoms with van der Waals surface area (Å²) in [5.74, 6) is -0.128. The zero-order valence-electron chi connectivity index (χ0n) is 23.9. The van der Waals surface area contributed by atoms with E-state index in [2.05, 4.69) is 54.9 Å². The molecule has 1 aliphatic rings. The third-order valence-electron chi connectivity index (χ3n) is 8.00. The lowest BCUT2D eigenvalue weighted by atomic mass is 9.89.